The highest BCUT2D eigenvalue weighted by Gasteiger charge is 2.16. The number of nitrogens with two attached hydrogens (primary N) is 1. The monoisotopic (exact) mass is 301 g/mol. The van der Waals surface area contributed by atoms with Gasteiger partial charge in [-0.1, -0.05) is 23.9 Å². The summed E-state index contributed by atoms with van der Waals surface area (Å²) >= 11 is 1.44. The summed E-state index contributed by atoms with van der Waals surface area (Å²) in [5.74, 6) is -0.0844. The lowest BCUT2D eigenvalue weighted by atomic mass is 10.2. The molecular weight excluding hydrogens is 282 g/mol. The van der Waals surface area contributed by atoms with E-state index in [0.717, 1.165) is 16.3 Å². The van der Waals surface area contributed by atoms with Crippen LogP contribution in [-0.2, 0) is 4.79 Å². The average Bonchev–Trinajstić information content (AvgIpc) is 2.40. The molecule has 0 aliphatic rings. The molecule has 1 heterocycles. The number of nitrogens with one attached hydrogen (secondary N) is 1. The first kappa shape index (κ1) is 15.4. The van der Waals surface area contributed by atoms with Crippen molar-refractivity contribution in [2.45, 2.75) is 31.0 Å². The molecular formula is C16H19N3OS. The van der Waals surface area contributed by atoms with Gasteiger partial charge in [-0.25, -0.2) is 4.98 Å². The van der Waals surface area contributed by atoms with Crippen LogP contribution in [0, 0.1) is 13.8 Å². The van der Waals surface area contributed by atoms with Crippen LogP contribution in [0.2, 0.25) is 0 Å². The molecule has 1 amide bonds. The highest BCUT2D eigenvalue weighted by molar-refractivity contribution is 8.00. The number of thioether (sulfide) groups is 1. The Hall–Kier alpha value is -2.01. The predicted octanol–water partition coefficient (Wildman–Crippen LogP) is 3.40. The first-order chi connectivity index (χ1) is 9.95. The Morgan fingerprint density at radius 1 is 1.29 bits per heavy atom. The van der Waals surface area contributed by atoms with Gasteiger partial charge in [-0.2, -0.15) is 0 Å². The summed E-state index contributed by atoms with van der Waals surface area (Å²) < 4.78 is 0. The van der Waals surface area contributed by atoms with Gasteiger partial charge in [-0.15, -0.1) is 0 Å². The van der Waals surface area contributed by atoms with Crippen LogP contribution in [0.3, 0.4) is 0 Å². The maximum absolute atomic E-state index is 12.2. The number of rotatable bonds is 4. The van der Waals surface area contributed by atoms with Crippen molar-refractivity contribution in [3.63, 3.8) is 0 Å². The molecule has 5 heteroatoms. The maximum Gasteiger partial charge on any atom is 0.237 e. The Balaban J connectivity index is 2.04. The van der Waals surface area contributed by atoms with Crippen LogP contribution in [0.1, 0.15) is 18.2 Å². The predicted molar refractivity (Wildman–Crippen MR) is 88.5 cm³/mol. The SMILES string of the molecule is Cc1cc(C)nc(SC(C)C(=O)Nc2ccccc2N)c1. The minimum Gasteiger partial charge on any atom is -0.397 e. The van der Waals surface area contributed by atoms with Gasteiger partial charge < -0.3 is 11.1 Å². The minimum absolute atomic E-state index is 0.0844. The number of hydrogen-bond donors (Lipinski definition) is 2. The molecule has 2 rings (SSSR count). The summed E-state index contributed by atoms with van der Waals surface area (Å²) in [6.45, 7) is 5.83. The van der Waals surface area contributed by atoms with Gasteiger partial charge in [0.15, 0.2) is 0 Å². The largest absolute Gasteiger partial charge is 0.397 e. The van der Waals surface area contributed by atoms with Crippen LogP contribution in [0.4, 0.5) is 11.4 Å². The maximum atomic E-state index is 12.2. The van der Waals surface area contributed by atoms with Gasteiger partial charge in [0.05, 0.1) is 21.7 Å². The van der Waals surface area contributed by atoms with E-state index in [9.17, 15) is 4.79 Å². The molecule has 2 aromatic rings. The van der Waals surface area contributed by atoms with E-state index < -0.39 is 0 Å². The third-order valence-corrected chi connectivity index (χ3v) is 3.98. The topological polar surface area (TPSA) is 68.0 Å². The highest BCUT2D eigenvalue weighted by Crippen LogP contribution is 2.25. The van der Waals surface area contributed by atoms with E-state index >= 15 is 0 Å². The van der Waals surface area contributed by atoms with Crippen molar-refractivity contribution in [2.24, 2.45) is 0 Å². The molecule has 1 atom stereocenters. The first-order valence-corrected chi connectivity index (χ1v) is 7.61. The molecule has 0 aliphatic heterocycles. The lowest BCUT2D eigenvalue weighted by Gasteiger charge is -2.13. The molecule has 0 saturated carbocycles. The second-order valence-electron chi connectivity index (χ2n) is 4.96. The molecule has 0 radical (unpaired) electrons. The molecule has 4 nitrogen and oxygen atoms in total. The van der Waals surface area contributed by atoms with Crippen LogP contribution in [-0.4, -0.2) is 16.1 Å². The third-order valence-electron chi connectivity index (χ3n) is 2.96. The van der Waals surface area contributed by atoms with E-state index in [4.69, 9.17) is 5.73 Å². The number of aromatic nitrogens is 1. The molecule has 0 saturated heterocycles. The van der Waals surface area contributed by atoms with Crippen molar-refractivity contribution in [3.05, 3.63) is 47.7 Å². The Labute approximate surface area is 129 Å². The number of pyridine rings is 1. The number of carbonyl (C=O) groups is 1. The van der Waals surface area contributed by atoms with Gasteiger partial charge in [-0.05, 0) is 50.6 Å². The molecule has 1 unspecified atom stereocenters. The fourth-order valence-electron chi connectivity index (χ4n) is 1.94. The smallest absolute Gasteiger partial charge is 0.237 e. The summed E-state index contributed by atoms with van der Waals surface area (Å²) in [7, 11) is 0. The normalized spacial score (nSPS) is 12.0. The van der Waals surface area contributed by atoms with Gasteiger partial charge in [0, 0.05) is 5.69 Å². The second-order valence-corrected chi connectivity index (χ2v) is 6.32. The number of amides is 1. The van der Waals surface area contributed by atoms with Crippen molar-refractivity contribution in [2.75, 3.05) is 11.1 Å². The third kappa shape index (κ3) is 4.23. The highest BCUT2D eigenvalue weighted by atomic mass is 32.2. The van der Waals surface area contributed by atoms with Gasteiger partial charge in [0.1, 0.15) is 0 Å². The number of para-hydroxylation sites is 2. The van der Waals surface area contributed by atoms with E-state index in [1.54, 1.807) is 12.1 Å². The van der Waals surface area contributed by atoms with Gasteiger partial charge >= 0.3 is 0 Å². The lowest BCUT2D eigenvalue weighted by Crippen LogP contribution is -2.23. The number of aryl methyl sites for hydroxylation is 2. The Bertz CT molecular complexity index is 637. The van der Waals surface area contributed by atoms with Crippen LogP contribution < -0.4 is 11.1 Å². The van der Waals surface area contributed by atoms with Crippen LogP contribution in [0.5, 0.6) is 0 Å². The zero-order valence-corrected chi connectivity index (χ0v) is 13.2. The molecule has 110 valence electrons. The van der Waals surface area contributed by atoms with Crippen molar-refractivity contribution in [1.82, 2.24) is 4.98 Å². The van der Waals surface area contributed by atoms with Crippen molar-refractivity contribution in [3.8, 4) is 0 Å². The standard InChI is InChI=1S/C16H19N3OS/c1-10-8-11(2)18-15(9-10)21-12(3)16(20)19-14-7-5-4-6-13(14)17/h4-9,12H,17H2,1-3H3,(H,19,20). The molecule has 0 spiro atoms. The molecule has 0 fully saturated rings. The van der Waals surface area contributed by atoms with Gasteiger partial charge in [-0.3, -0.25) is 4.79 Å². The van der Waals surface area contributed by atoms with E-state index in [0.29, 0.717) is 11.4 Å². The summed E-state index contributed by atoms with van der Waals surface area (Å²) in [5, 5.41) is 3.45. The molecule has 3 N–H and O–H groups in total. The van der Waals surface area contributed by atoms with Crippen LogP contribution >= 0.6 is 11.8 Å². The summed E-state index contributed by atoms with van der Waals surface area (Å²) in [4.78, 5) is 16.7. The van der Waals surface area contributed by atoms with E-state index in [1.165, 1.54) is 11.8 Å². The van der Waals surface area contributed by atoms with E-state index in [-0.39, 0.29) is 11.2 Å². The average molecular weight is 301 g/mol. The minimum atomic E-state index is -0.252. The zero-order valence-electron chi connectivity index (χ0n) is 12.4. The number of carbonyl (C=O) groups excluding carboxylic acids is 1. The van der Waals surface area contributed by atoms with Crippen LogP contribution in [0.25, 0.3) is 0 Å². The summed E-state index contributed by atoms with van der Waals surface area (Å²) in [6.07, 6.45) is 0. The van der Waals surface area contributed by atoms with Gasteiger partial charge in [0.2, 0.25) is 5.91 Å². The quantitative estimate of drug-likeness (QED) is 0.671. The number of anilines is 2. The van der Waals surface area contributed by atoms with E-state index in [1.807, 2.05) is 45.0 Å². The molecule has 1 aromatic carbocycles. The number of hydrogen-bond acceptors (Lipinski definition) is 4. The molecule has 0 aliphatic carbocycles. The molecule has 1 aromatic heterocycles. The van der Waals surface area contributed by atoms with E-state index in [2.05, 4.69) is 10.3 Å². The second kappa shape index (κ2) is 6.63. The Morgan fingerprint density at radius 2 is 2.00 bits per heavy atom. The fraction of sp³-hybridized carbons (Fsp3) is 0.250. The number of nitrogens with zero attached hydrogens (tertiary/aromatic N) is 1. The van der Waals surface area contributed by atoms with Gasteiger partial charge in [0.25, 0.3) is 0 Å². The molecule has 0 bridgehead atoms. The lowest BCUT2D eigenvalue weighted by molar-refractivity contribution is -0.115. The Morgan fingerprint density at radius 3 is 2.67 bits per heavy atom. The zero-order chi connectivity index (χ0) is 15.4. The van der Waals surface area contributed by atoms with Crippen molar-refractivity contribution < 1.29 is 4.79 Å². The number of benzene rings is 1. The van der Waals surface area contributed by atoms with Crippen molar-refractivity contribution >= 4 is 29.0 Å². The molecule has 21 heavy (non-hydrogen) atoms. The first-order valence-electron chi connectivity index (χ1n) is 6.73. The summed E-state index contributed by atoms with van der Waals surface area (Å²) in [5.41, 5.74) is 9.13. The number of nitrogen functional groups attached to an aromatic ring is 1. The Kier molecular flexibility index (Phi) is 4.85. The van der Waals surface area contributed by atoms with Crippen molar-refractivity contribution in [1.29, 1.82) is 0 Å². The summed E-state index contributed by atoms with van der Waals surface area (Å²) in [6, 6.07) is 11.2. The fourth-order valence-corrected chi connectivity index (χ4v) is 2.92. The van der Waals surface area contributed by atoms with Crippen LogP contribution in [0.15, 0.2) is 41.4 Å².